The zero-order chi connectivity index (χ0) is 19.5. The first-order chi connectivity index (χ1) is 13.6. The lowest BCUT2D eigenvalue weighted by molar-refractivity contribution is -0.116. The molecule has 0 spiro atoms. The molecule has 2 aromatic carbocycles. The van der Waals surface area contributed by atoms with E-state index in [0.29, 0.717) is 35.4 Å². The highest BCUT2D eigenvalue weighted by atomic mass is 32.1. The third kappa shape index (κ3) is 3.80. The smallest absolute Gasteiger partial charge is 0.261 e. The maximum absolute atomic E-state index is 12.5. The van der Waals surface area contributed by atoms with Crippen LogP contribution in [-0.2, 0) is 17.8 Å². The van der Waals surface area contributed by atoms with Crippen molar-refractivity contribution in [3.8, 4) is 0 Å². The lowest BCUT2D eigenvalue weighted by atomic mass is 10.2. The van der Waals surface area contributed by atoms with Gasteiger partial charge in [0, 0.05) is 13.0 Å². The summed E-state index contributed by atoms with van der Waals surface area (Å²) in [6, 6.07) is 13.4. The number of anilines is 1. The highest BCUT2D eigenvalue weighted by molar-refractivity contribution is 7.22. The third-order valence-electron chi connectivity index (χ3n) is 4.64. The number of hydrogen-bond donors (Lipinski definition) is 1. The molecule has 1 amide bonds. The Hall–Kier alpha value is -3.06. The molecular weight excluding hydrogens is 372 g/mol. The highest BCUT2D eigenvalue weighted by Crippen LogP contribution is 2.27. The molecule has 4 rings (SSSR count). The van der Waals surface area contributed by atoms with E-state index in [9.17, 15) is 9.59 Å². The van der Waals surface area contributed by atoms with Gasteiger partial charge in [0.2, 0.25) is 5.91 Å². The molecule has 0 aliphatic rings. The Morgan fingerprint density at radius 2 is 2.04 bits per heavy atom. The van der Waals surface area contributed by atoms with Gasteiger partial charge in [0.05, 0.1) is 27.4 Å². The summed E-state index contributed by atoms with van der Waals surface area (Å²) in [5.41, 5.74) is 2.75. The van der Waals surface area contributed by atoms with Crippen molar-refractivity contribution in [1.82, 2.24) is 14.5 Å². The van der Waals surface area contributed by atoms with E-state index in [-0.39, 0.29) is 11.5 Å². The summed E-state index contributed by atoms with van der Waals surface area (Å²) in [6.07, 6.45) is 3.38. The van der Waals surface area contributed by atoms with Gasteiger partial charge in [0.25, 0.3) is 5.56 Å². The molecule has 0 unspecified atom stereocenters. The van der Waals surface area contributed by atoms with Gasteiger partial charge < -0.3 is 5.32 Å². The van der Waals surface area contributed by atoms with E-state index in [2.05, 4.69) is 34.3 Å². The van der Waals surface area contributed by atoms with E-state index in [1.54, 1.807) is 17.0 Å². The lowest BCUT2D eigenvalue weighted by Crippen LogP contribution is -2.21. The molecule has 1 N–H and O–H groups in total. The fourth-order valence-electron chi connectivity index (χ4n) is 3.10. The molecule has 7 heteroatoms. The average Bonchev–Trinajstić information content (AvgIpc) is 3.11. The van der Waals surface area contributed by atoms with Crippen LogP contribution in [0.2, 0.25) is 0 Å². The zero-order valence-corrected chi connectivity index (χ0v) is 16.3. The average molecular weight is 392 g/mol. The third-order valence-corrected chi connectivity index (χ3v) is 5.58. The van der Waals surface area contributed by atoms with Crippen LogP contribution >= 0.6 is 11.3 Å². The summed E-state index contributed by atoms with van der Waals surface area (Å²) < 4.78 is 2.63. The van der Waals surface area contributed by atoms with Crippen molar-refractivity contribution >= 4 is 43.5 Å². The zero-order valence-electron chi connectivity index (χ0n) is 15.5. The van der Waals surface area contributed by atoms with E-state index in [4.69, 9.17) is 0 Å². The van der Waals surface area contributed by atoms with Crippen molar-refractivity contribution in [2.75, 3.05) is 5.32 Å². The number of thiazole rings is 1. The fourth-order valence-corrected chi connectivity index (χ4v) is 4.05. The number of aryl methyl sites for hydroxylation is 2. The first-order valence-corrected chi connectivity index (χ1v) is 10.1. The molecule has 0 aliphatic heterocycles. The van der Waals surface area contributed by atoms with Crippen molar-refractivity contribution in [3.63, 3.8) is 0 Å². The largest absolute Gasteiger partial charge is 0.302 e. The van der Waals surface area contributed by atoms with Crippen LogP contribution in [-0.4, -0.2) is 20.4 Å². The number of nitrogens with one attached hydrogen (secondary N) is 1. The van der Waals surface area contributed by atoms with Gasteiger partial charge >= 0.3 is 0 Å². The molecular formula is C21H20N4O2S. The summed E-state index contributed by atoms with van der Waals surface area (Å²) in [5, 5.41) is 4.07. The molecule has 142 valence electrons. The van der Waals surface area contributed by atoms with Crippen molar-refractivity contribution in [2.24, 2.45) is 0 Å². The van der Waals surface area contributed by atoms with Crippen molar-refractivity contribution in [1.29, 1.82) is 0 Å². The number of para-hydroxylation sites is 1. The van der Waals surface area contributed by atoms with E-state index < -0.39 is 0 Å². The molecule has 2 aromatic heterocycles. The van der Waals surface area contributed by atoms with Crippen LogP contribution in [0.25, 0.3) is 21.1 Å². The van der Waals surface area contributed by atoms with Crippen LogP contribution in [0.1, 0.15) is 25.3 Å². The second-order valence-electron chi connectivity index (χ2n) is 6.59. The number of aromatic nitrogens is 3. The second kappa shape index (κ2) is 7.90. The van der Waals surface area contributed by atoms with Crippen LogP contribution in [0, 0.1) is 0 Å². The standard InChI is InChI=1S/C21H20N4O2S/c1-2-14-9-10-17-18(12-14)28-21(23-17)24-19(26)8-5-11-25-13-22-16-7-4-3-6-15(16)20(25)27/h3-4,6-7,9-10,12-13H,2,5,8,11H2,1H3,(H,23,24,26). The Kier molecular flexibility index (Phi) is 5.16. The minimum atomic E-state index is -0.100. The van der Waals surface area contributed by atoms with E-state index in [1.807, 2.05) is 24.3 Å². The number of carbonyl (C=O) groups is 1. The number of amides is 1. The summed E-state index contributed by atoms with van der Waals surface area (Å²) in [7, 11) is 0. The maximum Gasteiger partial charge on any atom is 0.261 e. The van der Waals surface area contributed by atoms with E-state index >= 15 is 0 Å². The first kappa shape index (κ1) is 18.3. The molecule has 6 nitrogen and oxygen atoms in total. The fraction of sp³-hybridized carbons (Fsp3) is 0.238. The van der Waals surface area contributed by atoms with Crippen molar-refractivity contribution < 1.29 is 4.79 Å². The molecule has 28 heavy (non-hydrogen) atoms. The van der Waals surface area contributed by atoms with Gasteiger partial charge in [-0.25, -0.2) is 9.97 Å². The molecule has 0 atom stereocenters. The van der Waals surface area contributed by atoms with Crippen LogP contribution in [0.4, 0.5) is 5.13 Å². The van der Waals surface area contributed by atoms with Gasteiger partial charge in [-0.3, -0.25) is 14.2 Å². The Balaban J connectivity index is 1.37. The molecule has 0 radical (unpaired) electrons. The van der Waals surface area contributed by atoms with Gasteiger partial charge in [0.1, 0.15) is 0 Å². The maximum atomic E-state index is 12.5. The van der Waals surface area contributed by atoms with Crippen LogP contribution in [0.15, 0.2) is 53.6 Å². The van der Waals surface area contributed by atoms with Crippen LogP contribution in [0.3, 0.4) is 0 Å². The molecule has 2 heterocycles. The monoisotopic (exact) mass is 392 g/mol. The van der Waals surface area contributed by atoms with Gasteiger partial charge in [-0.1, -0.05) is 36.5 Å². The summed E-state index contributed by atoms with van der Waals surface area (Å²) in [6.45, 7) is 2.56. The lowest BCUT2D eigenvalue weighted by Gasteiger charge is -2.06. The van der Waals surface area contributed by atoms with E-state index in [0.717, 1.165) is 16.6 Å². The molecule has 0 saturated carbocycles. The number of fused-ring (bicyclic) bond motifs is 2. The van der Waals surface area contributed by atoms with Crippen LogP contribution < -0.4 is 10.9 Å². The number of benzene rings is 2. The summed E-state index contributed by atoms with van der Waals surface area (Å²) in [4.78, 5) is 33.5. The number of nitrogens with zero attached hydrogens (tertiary/aromatic N) is 3. The predicted molar refractivity (Wildman–Crippen MR) is 113 cm³/mol. The number of hydrogen-bond acceptors (Lipinski definition) is 5. The van der Waals surface area contributed by atoms with Gasteiger partial charge in [0.15, 0.2) is 5.13 Å². The van der Waals surface area contributed by atoms with Gasteiger partial charge in [-0.05, 0) is 42.7 Å². The van der Waals surface area contributed by atoms with E-state index in [1.165, 1.54) is 16.9 Å². The summed E-state index contributed by atoms with van der Waals surface area (Å²) in [5.74, 6) is -0.100. The molecule has 4 aromatic rings. The Labute approximate surface area is 165 Å². The van der Waals surface area contributed by atoms with Crippen LogP contribution in [0.5, 0.6) is 0 Å². The second-order valence-corrected chi connectivity index (χ2v) is 7.62. The quantitative estimate of drug-likeness (QED) is 0.538. The topological polar surface area (TPSA) is 76.9 Å². The number of carbonyl (C=O) groups excluding carboxylic acids is 1. The van der Waals surface area contributed by atoms with Crippen molar-refractivity contribution in [2.45, 2.75) is 32.7 Å². The molecule has 0 aliphatic carbocycles. The van der Waals surface area contributed by atoms with Gasteiger partial charge in [-0.2, -0.15) is 0 Å². The molecule has 0 bridgehead atoms. The SMILES string of the molecule is CCc1ccc2nc(NC(=O)CCCn3cnc4ccccc4c3=O)sc2c1. The molecule has 0 saturated heterocycles. The molecule has 0 fully saturated rings. The summed E-state index contributed by atoms with van der Waals surface area (Å²) >= 11 is 1.48. The Bertz CT molecular complexity index is 1210. The highest BCUT2D eigenvalue weighted by Gasteiger charge is 2.09. The van der Waals surface area contributed by atoms with Gasteiger partial charge in [-0.15, -0.1) is 0 Å². The van der Waals surface area contributed by atoms with Crippen molar-refractivity contribution in [3.05, 3.63) is 64.7 Å². The Morgan fingerprint density at radius 3 is 2.89 bits per heavy atom. The Morgan fingerprint density at radius 1 is 1.18 bits per heavy atom. The number of rotatable bonds is 6. The predicted octanol–water partition coefficient (Wildman–Crippen LogP) is 3.99. The minimum Gasteiger partial charge on any atom is -0.302 e. The minimum absolute atomic E-state index is 0.0797. The first-order valence-electron chi connectivity index (χ1n) is 9.27. The normalized spacial score (nSPS) is 11.2.